The molecule has 182 valence electrons. The topological polar surface area (TPSA) is 67.1 Å². The van der Waals surface area contributed by atoms with Crippen molar-refractivity contribution >= 4 is 23.3 Å². The van der Waals surface area contributed by atoms with E-state index in [1.807, 2.05) is 43.5 Å². The highest BCUT2D eigenvalue weighted by atomic mass is 35.5. The fourth-order valence-corrected chi connectivity index (χ4v) is 4.77. The molecule has 1 amide bonds. The van der Waals surface area contributed by atoms with E-state index in [9.17, 15) is 23.1 Å². The number of hydrogen-bond acceptors (Lipinski definition) is 3. The van der Waals surface area contributed by atoms with Gasteiger partial charge < -0.3 is 14.2 Å². The number of imidazole rings is 1. The number of fused-ring (bicyclic) bond motifs is 1. The van der Waals surface area contributed by atoms with Crippen molar-refractivity contribution in [1.82, 2.24) is 14.3 Å². The van der Waals surface area contributed by atoms with E-state index >= 15 is 0 Å². The Labute approximate surface area is 199 Å². The van der Waals surface area contributed by atoms with E-state index in [1.54, 1.807) is 12.4 Å². The van der Waals surface area contributed by atoms with E-state index in [2.05, 4.69) is 4.98 Å². The van der Waals surface area contributed by atoms with Gasteiger partial charge in [-0.3, -0.25) is 4.90 Å². The van der Waals surface area contributed by atoms with Gasteiger partial charge in [0, 0.05) is 48.1 Å². The van der Waals surface area contributed by atoms with Crippen molar-refractivity contribution in [1.29, 1.82) is 0 Å². The molecule has 1 unspecified atom stereocenters. The third kappa shape index (κ3) is 4.80. The maximum Gasteiger partial charge on any atom is 0.416 e. The number of benzene rings is 1. The van der Waals surface area contributed by atoms with Crippen molar-refractivity contribution in [3.05, 3.63) is 65.1 Å². The Morgan fingerprint density at radius 3 is 2.56 bits per heavy atom. The minimum Gasteiger partial charge on any atom is -0.490 e. The summed E-state index contributed by atoms with van der Waals surface area (Å²) < 4.78 is 46.9. The second-order valence-corrected chi connectivity index (χ2v) is 10.1. The third-order valence-corrected chi connectivity index (χ3v) is 6.25. The summed E-state index contributed by atoms with van der Waals surface area (Å²) in [7, 11) is 0. The van der Waals surface area contributed by atoms with Crippen molar-refractivity contribution in [3.63, 3.8) is 0 Å². The summed E-state index contributed by atoms with van der Waals surface area (Å²) in [4.78, 5) is 18.3. The zero-order valence-corrected chi connectivity index (χ0v) is 19.6. The van der Waals surface area contributed by atoms with Crippen LogP contribution in [0.25, 0.3) is 5.65 Å². The molecule has 1 atom stereocenters. The molecular weight excluding hydrogens is 471 g/mol. The highest BCUT2D eigenvalue weighted by molar-refractivity contribution is 6.30. The van der Waals surface area contributed by atoms with Gasteiger partial charge in [0.1, 0.15) is 17.5 Å². The molecule has 2 aromatic heterocycles. The van der Waals surface area contributed by atoms with Crippen LogP contribution in [-0.4, -0.2) is 37.6 Å². The summed E-state index contributed by atoms with van der Waals surface area (Å²) in [6.45, 7) is 5.91. The van der Waals surface area contributed by atoms with Crippen LogP contribution in [0.2, 0.25) is 5.02 Å². The van der Waals surface area contributed by atoms with E-state index in [-0.39, 0.29) is 16.8 Å². The number of pyridine rings is 1. The number of aromatic nitrogens is 2. The van der Waals surface area contributed by atoms with Crippen LogP contribution in [0.4, 0.5) is 18.0 Å². The summed E-state index contributed by atoms with van der Waals surface area (Å²) in [6, 6.07) is 5.96. The maximum absolute atomic E-state index is 13.1. The second kappa shape index (κ2) is 8.69. The first-order chi connectivity index (χ1) is 15.8. The Morgan fingerprint density at radius 2 is 1.94 bits per heavy atom. The Balaban J connectivity index is 1.57. The van der Waals surface area contributed by atoms with Crippen molar-refractivity contribution < 1.29 is 27.8 Å². The number of ether oxygens (including phenoxy) is 1. The molecule has 0 aliphatic heterocycles. The number of nitrogens with zero attached hydrogens (tertiary/aromatic N) is 3. The van der Waals surface area contributed by atoms with Crippen LogP contribution in [0.15, 0.2) is 48.9 Å². The number of rotatable bonds is 5. The molecule has 6 nitrogen and oxygen atoms in total. The van der Waals surface area contributed by atoms with Crippen LogP contribution in [0.1, 0.15) is 50.8 Å². The molecule has 4 rings (SSSR count). The van der Waals surface area contributed by atoms with Gasteiger partial charge in [-0.15, -0.1) is 0 Å². The molecule has 0 bridgehead atoms. The quantitative estimate of drug-likeness (QED) is 0.428. The summed E-state index contributed by atoms with van der Waals surface area (Å²) in [6.07, 6.45) is -0.0143. The minimum absolute atomic E-state index is 0.0136. The lowest BCUT2D eigenvalue weighted by atomic mass is 9.78. The van der Waals surface area contributed by atoms with E-state index in [1.165, 1.54) is 11.0 Å². The first kappa shape index (κ1) is 24.2. The van der Waals surface area contributed by atoms with Crippen molar-refractivity contribution in [3.8, 4) is 5.75 Å². The van der Waals surface area contributed by atoms with Crippen LogP contribution in [-0.2, 0) is 6.18 Å². The van der Waals surface area contributed by atoms with Gasteiger partial charge in [0.2, 0.25) is 0 Å². The lowest BCUT2D eigenvalue weighted by molar-refractivity contribution is -0.137. The van der Waals surface area contributed by atoms with Crippen LogP contribution < -0.4 is 4.74 Å². The number of carboxylic acid groups (broad SMARTS) is 1. The largest absolute Gasteiger partial charge is 0.490 e. The fourth-order valence-electron chi connectivity index (χ4n) is 4.54. The van der Waals surface area contributed by atoms with Gasteiger partial charge in [-0.2, -0.15) is 13.2 Å². The molecule has 0 radical (unpaired) electrons. The molecule has 34 heavy (non-hydrogen) atoms. The van der Waals surface area contributed by atoms with Crippen molar-refractivity contribution in [2.24, 2.45) is 5.41 Å². The van der Waals surface area contributed by atoms with Crippen LogP contribution >= 0.6 is 11.6 Å². The van der Waals surface area contributed by atoms with Crippen molar-refractivity contribution in [2.75, 3.05) is 0 Å². The molecule has 0 saturated heterocycles. The zero-order valence-electron chi connectivity index (χ0n) is 18.9. The van der Waals surface area contributed by atoms with Gasteiger partial charge in [-0.1, -0.05) is 38.4 Å². The zero-order chi connectivity index (χ0) is 24.8. The summed E-state index contributed by atoms with van der Waals surface area (Å²) in [5, 5.41) is 10.1. The number of hydrogen-bond donors (Lipinski definition) is 1. The number of halogens is 4. The van der Waals surface area contributed by atoms with Gasteiger partial charge in [0.05, 0.1) is 11.6 Å². The number of alkyl halides is 3. The molecule has 10 heteroatoms. The highest BCUT2D eigenvalue weighted by Crippen LogP contribution is 2.44. The summed E-state index contributed by atoms with van der Waals surface area (Å²) in [5.41, 5.74) is 0.127. The van der Waals surface area contributed by atoms with Crippen molar-refractivity contribution in [2.45, 2.75) is 58.0 Å². The Kier molecular flexibility index (Phi) is 6.18. The summed E-state index contributed by atoms with van der Waals surface area (Å²) >= 11 is 5.85. The minimum atomic E-state index is -4.54. The average molecular weight is 496 g/mol. The molecule has 1 aromatic carbocycles. The first-order valence-electron chi connectivity index (χ1n) is 10.8. The predicted octanol–water partition coefficient (Wildman–Crippen LogP) is 6.68. The number of carbonyl (C=O) groups is 1. The standard InChI is InChI=1S/C24H25ClF3N3O3/c1-23(2,3)20(19-5-4-7-30-8-6-29-21(19)30)31(22(32)33)16-12-18(13-16)34-17-10-14(24(26,27)28)9-15(25)11-17/h4-11,16,18,20H,12-13H2,1-3H3,(H,32,33)/t16-,18-,20?. The van der Waals surface area contributed by atoms with Gasteiger partial charge in [-0.25, -0.2) is 9.78 Å². The molecule has 1 N–H and O–H groups in total. The third-order valence-electron chi connectivity index (χ3n) is 6.03. The maximum atomic E-state index is 13.1. The monoisotopic (exact) mass is 495 g/mol. The Bertz CT molecular complexity index is 1200. The van der Waals surface area contributed by atoms with Gasteiger partial charge >= 0.3 is 12.3 Å². The normalized spacial score (nSPS) is 19.5. The van der Waals surface area contributed by atoms with E-state index in [0.717, 1.165) is 17.7 Å². The molecule has 3 aromatic rings. The van der Waals surface area contributed by atoms with Gasteiger partial charge in [0.15, 0.2) is 0 Å². The van der Waals surface area contributed by atoms with Crippen LogP contribution in [0, 0.1) is 5.41 Å². The van der Waals surface area contributed by atoms with E-state index < -0.39 is 35.4 Å². The van der Waals surface area contributed by atoms with Gasteiger partial charge in [0.25, 0.3) is 0 Å². The average Bonchev–Trinajstić information content (AvgIpc) is 3.16. The lowest BCUT2D eigenvalue weighted by Crippen LogP contribution is -2.54. The molecule has 1 aliphatic carbocycles. The Morgan fingerprint density at radius 1 is 1.24 bits per heavy atom. The first-order valence-corrected chi connectivity index (χ1v) is 11.2. The molecule has 1 aliphatic rings. The van der Waals surface area contributed by atoms with Crippen LogP contribution in [0.5, 0.6) is 5.75 Å². The molecule has 0 spiro atoms. The fraction of sp³-hybridized carbons (Fsp3) is 0.417. The summed E-state index contributed by atoms with van der Waals surface area (Å²) in [5.74, 6) is 0.0136. The highest BCUT2D eigenvalue weighted by Gasteiger charge is 2.45. The molecule has 2 heterocycles. The molecular formula is C24H25ClF3N3O3. The molecule has 1 fully saturated rings. The second-order valence-electron chi connectivity index (χ2n) is 9.62. The number of amides is 1. The van der Waals surface area contributed by atoms with Gasteiger partial charge in [-0.05, 0) is 29.7 Å². The predicted molar refractivity (Wildman–Crippen MR) is 121 cm³/mol. The Hall–Kier alpha value is -2.94. The van der Waals surface area contributed by atoms with Crippen LogP contribution in [0.3, 0.4) is 0 Å². The smallest absolute Gasteiger partial charge is 0.416 e. The SMILES string of the molecule is CC(C)(C)C(c1cccn2ccnc12)N(C(=O)O)[C@H]1C[C@H](Oc2cc(Cl)cc(C(F)(F)F)c2)C1. The lowest BCUT2D eigenvalue weighted by Gasteiger charge is -2.48. The molecule has 1 saturated carbocycles. The van der Waals surface area contributed by atoms with E-state index in [0.29, 0.717) is 18.5 Å². The van der Waals surface area contributed by atoms with E-state index in [4.69, 9.17) is 16.3 Å².